The molecule has 2 N–H and O–H groups in total. The van der Waals surface area contributed by atoms with Gasteiger partial charge in [-0.05, 0) is 18.4 Å². The van der Waals surface area contributed by atoms with Gasteiger partial charge in [-0.15, -0.1) is 11.3 Å². The van der Waals surface area contributed by atoms with Crippen molar-refractivity contribution in [1.29, 1.82) is 0 Å². The van der Waals surface area contributed by atoms with Crippen molar-refractivity contribution in [3.63, 3.8) is 0 Å². The van der Waals surface area contributed by atoms with Crippen LogP contribution in [0.25, 0.3) is 0 Å². The van der Waals surface area contributed by atoms with Crippen LogP contribution in [0.1, 0.15) is 43.5 Å². The van der Waals surface area contributed by atoms with E-state index >= 15 is 0 Å². The minimum atomic E-state index is 0.195. The molecule has 0 aliphatic rings. The topological polar surface area (TPSA) is 38.9 Å². The first-order valence-electron chi connectivity index (χ1n) is 5.09. The van der Waals surface area contributed by atoms with E-state index in [0.29, 0.717) is 5.92 Å². The molecule has 0 aliphatic carbocycles. The summed E-state index contributed by atoms with van der Waals surface area (Å²) in [5, 5.41) is 1.23. The molecule has 0 radical (unpaired) electrons. The molecule has 0 bridgehead atoms. The lowest BCUT2D eigenvalue weighted by Crippen LogP contribution is -2.25. The van der Waals surface area contributed by atoms with Gasteiger partial charge in [-0.3, -0.25) is 0 Å². The first-order chi connectivity index (χ1) is 6.44. The van der Waals surface area contributed by atoms with Crippen molar-refractivity contribution in [2.75, 3.05) is 6.54 Å². The molecule has 2 nitrogen and oxygen atoms in total. The van der Waals surface area contributed by atoms with Gasteiger partial charge in [0.05, 0.1) is 5.01 Å². The fraction of sp³-hybridized carbons (Fsp3) is 0.727. The lowest BCUT2D eigenvalue weighted by Gasteiger charge is -2.20. The predicted molar refractivity (Wildman–Crippen MR) is 62.7 cm³/mol. The number of nitrogens with zero attached hydrogens (tertiary/aromatic N) is 1. The van der Waals surface area contributed by atoms with Gasteiger partial charge in [-0.25, -0.2) is 4.98 Å². The van der Waals surface area contributed by atoms with Gasteiger partial charge in [0.2, 0.25) is 0 Å². The van der Waals surface area contributed by atoms with Crippen LogP contribution in [0.5, 0.6) is 0 Å². The van der Waals surface area contributed by atoms with E-state index < -0.39 is 0 Å². The zero-order valence-electron chi connectivity index (χ0n) is 9.50. The van der Waals surface area contributed by atoms with E-state index in [9.17, 15) is 0 Å². The highest BCUT2D eigenvalue weighted by atomic mass is 32.1. The minimum Gasteiger partial charge on any atom is -0.330 e. The molecule has 3 heteroatoms. The van der Waals surface area contributed by atoms with Crippen LogP contribution in [0.15, 0.2) is 6.20 Å². The highest BCUT2D eigenvalue weighted by molar-refractivity contribution is 7.11. The molecule has 0 aromatic carbocycles. The molecule has 0 spiro atoms. The molecule has 0 saturated carbocycles. The monoisotopic (exact) mass is 212 g/mol. The van der Waals surface area contributed by atoms with Gasteiger partial charge in [0.25, 0.3) is 0 Å². The third-order valence-corrected chi connectivity index (χ3v) is 3.57. The van der Waals surface area contributed by atoms with Crippen LogP contribution >= 0.6 is 11.3 Å². The van der Waals surface area contributed by atoms with Crippen molar-refractivity contribution in [3.05, 3.63) is 16.1 Å². The van der Waals surface area contributed by atoms with Crippen molar-refractivity contribution in [1.82, 2.24) is 4.98 Å². The molecule has 1 aromatic rings. The van der Waals surface area contributed by atoms with Crippen LogP contribution < -0.4 is 5.73 Å². The van der Waals surface area contributed by atoms with E-state index in [0.717, 1.165) is 13.0 Å². The highest BCUT2D eigenvalue weighted by Crippen LogP contribution is 2.27. The summed E-state index contributed by atoms with van der Waals surface area (Å²) in [6.07, 6.45) is 3.03. The zero-order valence-corrected chi connectivity index (χ0v) is 10.3. The summed E-state index contributed by atoms with van der Waals surface area (Å²) in [5.41, 5.74) is 5.90. The quantitative estimate of drug-likeness (QED) is 0.833. The van der Waals surface area contributed by atoms with Gasteiger partial charge >= 0.3 is 0 Å². The Morgan fingerprint density at radius 3 is 2.57 bits per heavy atom. The smallest absolute Gasteiger partial charge is 0.0953 e. The molecule has 80 valence electrons. The second-order valence-electron chi connectivity index (χ2n) is 4.86. The summed E-state index contributed by atoms with van der Waals surface area (Å²) in [6.45, 7) is 9.47. The van der Waals surface area contributed by atoms with Crippen molar-refractivity contribution < 1.29 is 0 Å². The molecular weight excluding hydrogens is 192 g/mol. The van der Waals surface area contributed by atoms with Crippen LogP contribution in [-0.4, -0.2) is 11.5 Å². The normalized spacial score (nSPS) is 12.4. The van der Waals surface area contributed by atoms with E-state index in [1.54, 1.807) is 0 Å². The van der Waals surface area contributed by atoms with Crippen LogP contribution in [0.2, 0.25) is 0 Å². The largest absolute Gasteiger partial charge is 0.330 e. The molecule has 1 aromatic heterocycles. The standard InChI is InChI=1S/C11H20N2S/c1-8(2)10-13-6-9(14-10)5-11(3,4)7-12/h6,8H,5,7,12H2,1-4H3. The number of hydrogen-bond acceptors (Lipinski definition) is 3. The fourth-order valence-electron chi connectivity index (χ4n) is 1.22. The third-order valence-electron chi connectivity index (χ3n) is 2.27. The molecule has 1 rings (SSSR count). The maximum atomic E-state index is 5.70. The lowest BCUT2D eigenvalue weighted by atomic mass is 9.89. The maximum absolute atomic E-state index is 5.70. The van der Waals surface area contributed by atoms with Crippen molar-refractivity contribution in [2.45, 2.75) is 40.0 Å². The van der Waals surface area contributed by atoms with E-state index in [2.05, 4.69) is 32.7 Å². The average Bonchev–Trinajstić information content (AvgIpc) is 2.52. The summed E-state index contributed by atoms with van der Waals surface area (Å²) < 4.78 is 0. The second-order valence-corrected chi connectivity index (χ2v) is 6.01. The molecule has 0 fully saturated rings. The Morgan fingerprint density at radius 1 is 1.50 bits per heavy atom. The summed E-state index contributed by atoms with van der Waals surface area (Å²) in [5.74, 6) is 0.537. The Hall–Kier alpha value is -0.410. The Balaban J connectivity index is 2.69. The maximum Gasteiger partial charge on any atom is 0.0953 e. The minimum absolute atomic E-state index is 0.195. The Labute approximate surface area is 90.6 Å². The van der Waals surface area contributed by atoms with Gasteiger partial charge in [0.15, 0.2) is 0 Å². The van der Waals surface area contributed by atoms with Gasteiger partial charge < -0.3 is 5.73 Å². The highest BCUT2D eigenvalue weighted by Gasteiger charge is 2.18. The summed E-state index contributed by atoms with van der Waals surface area (Å²) in [7, 11) is 0. The molecule has 0 saturated heterocycles. The predicted octanol–water partition coefficient (Wildman–Crippen LogP) is 2.79. The number of hydrogen-bond donors (Lipinski definition) is 1. The Morgan fingerprint density at radius 2 is 2.14 bits per heavy atom. The number of nitrogens with two attached hydrogens (primary N) is 1. The molecular formula is C11H20N2S. The van der Waals surface area contributed by atoms with Crippen molar-refractivity contribution in [3.8, 4) is 0 Å². The van der Waals surface area contributed by atoms with Crippen LogP contribution in [0.3, 0.4) is 0 Å². The van der Waals surface area contributed by atoms with Crippen molar-refractivity contribution >= 4 is 11.3 Å². The molecule has 1 heterocycles. The number of thiazole rings is 1. The average molecular weight is 212 g/mol. The first kappa shape index (κ1) is 11.7. The third kappa shape index (κ3) is 3.07. The molecule has 0 unspecified atom stereocenters. The Kier molecular flexibility index (Phi) is 3.67. The molecule has 0 atom stereocenters. The number of rotatable bonds is 4. The van der Waals surface area contributed by atoms with Gasteiger partial charge in [0.1, 0.15) is 0 Å². The van der Waals surface area contributed by atoms with Gasteiger partial charge in [-0.1, -0.05) is 27.7 Å². The number of aromatic nitrogens is 1. The van der Waals surface area contributed by atoms with E-state index in [4.69, 9.17) is 5.73 Å². The van der Waals surface area contributed by atoms with Crippen LogP contribution in [0, 0.1) is 5.41 Å². The van der Waals surface area contributed by atoms with Crippen molar-refractivity contribution in [2.24, 2.45) is 11.1 Å². The van der Waals surface area contributed by atoms with Gasteiger partial charge in [0, 0.05) is 17.0 Å². The molecule has 0 aliphatic heterocycles. The van der Waals surface area contributed by atoms with E-state index in [-0.39, 0.29) is 5.41 Å². The van der Waals surface area contributed by atoms with E-state index in [1.165, 1.54) is 9.88 Å². The molecule has 0 amide bonds. The SMILES string of the molecule is CC(C)c1ncc(CC(C)(C)CN)s1. The van der Waals surface area contributed by atoms with Crippen LogP contribution in [-0.2, 0) is 6.42 Å². The summed E-state index contributed by atoms with van der Waals surface area (Å²) in [6, 6.07) is 0. The summed E-state index contributed by atoms with van der Waals surface area (Å²) in [4.78, 5) is 5.76. The lowest BCUT2D eigenvalue weighted by molar-refractivity contribution is 0.379. The first-order valence-corrected chi connectivity index (χ1v) is 5.91. The Bertz CT molecular complexity index is 289. The zero-order chi connectivity index (χ0) is 10.8. The van der Waals surface area contributed by atoms with E-state index in [1.807, 2.05) is 17.5 Å². The summed E-state index contributed by atoms with van der Waals surface area (Å²) >= 11 is 1.82. The fourth-order valence-corrected chi connectivity index (χ4v) is 2.39. The van der Waals surface area contributed by atoms with Crippen LogP contribution in [0.4, 0.5) is 0 Å². The second kappa shape index (κ2) is 4.41. The molecule has 14 heavy (non-hydrogen) atoms. The van der Waals surface area contributed by atoms with Gasteiger partial charge in [-0.2, -0.15) is 0 Å².